The highest BCUT2D eigenvalue weighted by atomic mass is 35.5. The minimum Gasteiger partial charge on any atom is -0.463 e. The molecule has 2 heterocycles. The van der Waals surface area contributed by atoms with E-state index in [1.807, 2.05) is 35.7 Å². The number of thiophene rings is 1. The molecule has 8 heteroatoms. The first-order valence-corrected chi connectivity index (χ1v) is 11.7. The van der Waals surface area contributed by atoms with Crippen LogP contribution in [0.15, 0.2) is 52.9 Å². The van der Waals surface area contributed by atoms with Crippen molar-refractivity contribution in [2.24, 2.45) is 0 Å². The minimum atomic E-state index is -0.553. The molecule has 5 nitrogen and oxygen atoms in total. The van der Waals surface area contributed by atoms with Crippen molar-refractivity contribution in [1.29, 1.82) is 5.26 Å². The van der Waals surface area contributed by atoms with Crippen molar-refractivity contribution in [3.8, 4) is 27.8 Å². The molecule has 0 atom stereocenters. The van der Waals surface area contributed by atoms with Crippen LogP contribution in [0.25, 0.3) is 21.7 Å². The third-order valence-corrected chi connectivity index (χ3v) is 6.29. The third-order valence-electron chi connectivity index (χ3n) is 4.10. The Morgan fingerprint density at radius 1 is 1.26 bits per heavy atom. The molecule has 0 saturated carbocycles. The maximum atomic E-state index is 12.3. The maximum absolute atomic E-state index is 12.3. The zero-order valence-electron chi connectivity index (χ0n) is 16.9. The Bertz CT molecular complexity index is 1120. The highest BCUT2D eigenvalue weighted by Gasteiger charge is 2.19. The van der Waals surface area contributed by atoms with Crippen molar-refractivity contribution >= 4 is 46.5 Å². The van der Waals surface area contributed by atoms with Gasteiger partial charge < -0.3 is 4.74 Å². The first-order valence-electron chi connectivity index (χ1n) is 9.46. The topological polar surface area (TPSA) is 80.1 Å². The summed E-state index contributed by atoms with van der Waals surface area (Å²) >= 11 is 8.68. The zero-order valence-corrected chi connectivity index (χ0v) is 19.3. The quantitative estimate of drug-likeness (QED) is 0.228. The van der Waals surface area contributed by atoms with Gasteiger partial charge in [-0.25, -0.2) is 4.98 Å². The van der Waals surface area contributed by atoms with Crippen molar-refractivity contribution in [2.75, 3.05) is 5.75 Å². The van der Waals surface area contributed by atoms with Gasteiger partial charge in [-0.05, 0) is 43.5 Å². The molecule has 1 aromatic carbocycles. The fourth-order valence-corrected chi connectivity index (χ4v) is 4.53. The second kappa shape index (κ2) is 10.6. The molecular weight excluding hydrogens is 452 g/mol. The molecule has 0 N–H and O–H groups in total. The van der Waals surface area contributed by atoms with E-state index in [1.54, 1.807) is 26.0 Å². The molecule has 3 rings (SSSR count). The number of ketones is 1. The molecule has 3 aromatic rings. The lowest BCUT2D eigenvalue weighted by Crippen LogP contribution is -2.16. The van der Waals surface area contributed by atoms with Gasteiger partial charge in [0.2, 0.25) is 0 Å². The summed E-state index contributed by atoms with van der Waals surface area (Å²) in [6.07, 6.45) is -0.578. The average molecular weight is 471 g/mol. The van der Waals surface area contributed by atoms with E-state index in [-0.39, 0.29) is 24.1 Å². The summed E-state index contributed by atoms with van der Waals surface area (Å²) < 4.78 is 5.03. The highest BCUT2D eigenvalue weighted by Crippen LogP contribution is 2.36. The number of pyridine rings is 1. The Morgan fingerprint density at radius 2 is 2.00 bits per heavy atom. The van der Waals surface area contributed by atoms with Crippen LogP contribution in [0.3, 0.4) is 0 Å². The first-order chi connectivity index (χ1) is 14.9. The van der Waals surface area contributed by atoms with Crippen LogP contribution in [0.4, 0.5) is 0 Å². The highest BCUT2D eigenvalue weighted by molar-refractivity contribution is 8.00. The smallest absolute Gasteiger partial charge is 0.313 e. The normalized spacial score (nSPS) is 10.7. The molecule has 0 aliphatic rings. The number of esters is 1. The molecule has 0 fully saturated rings. The summed E-state index contributed by atoms with van der Waals surface area (Å²) in [6.45, 7) is 3.46. The molecule has 2 aromatic heterocycles. The van der Waals surface area contributed by atoms with Crippen molar-refractivity contribution < 1.29 is 14.3 Å². The molecule has 0 unspecified atom stereocenters. The van der Waals surface area contributed by atoms with Gasteiger partial charge in [-0.2, -0.15) is 5.26 Å². The number of aromatic nitrogens is 1. The largest absolute Gasteiger partial charge is 0.463 e. The van der Waals surface area contributed by atoms with Gasteiger partial charge in [-0.3, -0.25) is 9.59 Å². The lowest BCUT2D eigenvalue weighted by atomic mass is 10.0. The Balaban J connectivity index is 1.92. The van der Waals surface area contributed by atoms with E-state index in [4.69, 9.17) is 16.3 Å². The van der Waals surface area contributed by atoms with Gasteiger partial charge in [0.1, 0.15) is 17.5 Å². The van der Waals surface area contributed by atoms with Gasteiger partial charge in [-0.1, -0.05) is 41.6 Å². The number of Topliss-reactive ketones (excluding diaryl/α,β-unsaturated/α-hetero) is 1. The molecule has 0 bridgehead atoms. The Kier molecular flexibility index (Phi) is 7.85. The van der Waals surface area contributed by atoms with Crippen LogP contribution in [0, 0.1) is 11.3 Å². The minimum absolute atomic E-state index is 0.0167. The van der Waals surface area contributed by atoms with Gasteiger partial charge in [0.25, 0.3) is 0 Å². The first kappa shape index (κ1) is 23.0. The summed E-state index contributed by atoms with van der Waals surface area (Å²) in [6, 6.07) is 15.2. The monoisotopic (exact) mass is 470 g/mol. The van der Waals surface area contributed by atoms with Gasteiger partial charge in [0.05, 0.1) is 23.1 Å². The van der Waals surface area contributed by atoms with Crippen molar-refractivity contribution in [1.82, 2.24) is 4.98 Å². The second-order valence-corrected chi connectivity index (χ2v) is 9.22. The Hall–Kier alpha value is -2.66. The molecule has 0 spiro atoms. The van der Waals surface area contributed by atoms with Crippen LogP contribution in [-0.4, -0.2) is 28.6 Å². The van der Waals surface area contributed by atoms with Crippen LogP contribution >= 0.6 is 34.7 Å². The number of rotatable bonds is 8. The molecule has 0 amide bonds. The molecule has 31 heavy (non-hydrogen) atoms. The van der Waals surface area contributed by atoms with E-state index >= 15 is 0 Å². The van der Waals surface area contributed by atoms with Crippen LogP contribution in [-0.2, 0) is 14.3 Å². The van der Waals surface area contributed by atoms with Crippen molar-refractivity contribution in [3.05, 3.63) is 58.4 Å². The summed E-state index contributed by atoms with van der Waals surface area (Å²) in [5.74, 6) is -0.817. The summed E-state index contributed by atoms with van der Waals surface area (Å²) in [5.41, 5.74) is 2.68. The Morgan fingerprint density at radius 3 is 2.61 bits per heavy atom. The van der Waals surface area contributed by atoms with Gasteiger partial charge >= 0.3 is 5.97 Å². The summed E-state index contributed by atoms with van der Waals surface area (Å²) in [5, 5.41) is 12.8. The van der Waals surface area contributed by atoms with Crippen LogP contribution < -0.4 is 0 Å². The molecule has 0 aliphatic heterocycles. The number of carbonyl (C=O) groups is 2. The van der Waals surface area contributed by atoms with Gasteiger partial charge in [-0.15, -0.1) is 11.3 Å². The molecule has 0 aliphatic carbocycles. The number of carbonyl (C=O) groups excluding carboxylic acids is 2. The number of hydrogen-bond donors (Lipinski definition) is 0. The zero-order chi connectivity index (χ0) is 22.4. The van der Waals surface area contributed by atoms with Crippen molar-refractivity contribution in [3.63, 3.8) is 0 Å². The van der Waals surface area contributed by atoms with Crippen LogP contribution in [0.5, 0.6) is 0 Å². The fraction of sp³-hybridized carbons (Fsp3) is 0.217. The van der Waals surface area contributed by atoms with Crippen molar-refractivity contribution in [2.45, 2.75) is 31.4 Å². The molecule has 158 valence electrons. The molecule has 0 radical (unpaired) electrons. The average Bonchev–Trinajstić information content (AvgIpc) is 3.26. The summed E-state index contributed by atoms with van der Waals surface area (Å²) in [7, 11) is 0. The number of nitriles is 1. The summed E-state index contributed by atoms with van der Waals surface area (Å²) in [4.78, 5) is 29.6. The van der Waals surface area contributed by atoms with E-state index in [2.05, 4.69) is 11.1 Å². The van der Waals surface area contributed by atoms with E-state index in [0.29, 0.717) is 21.3 Å². The fourth-order valence-electron chi connectivity index (χ4n) is 2.79. The predicted molar refractivity (Wildman–Crippen MR) is 124 cm³/mol. The molecule has 0 saturated heterocycles. The third kappa shape index (κ3) is 6.17. The molecular formula is C23H19ClN2O3S2. The number of halogens is 1. The number of hydrogen-bond acceptors (Lipinski definition) is 7. The number of nitrogens with zero attached hydrogens (tertiary/aromatic N) is 2. The number of ether oxygens (including phenoxy) is 1. The van der Waals surface area contributed by atoms with E-state index in [0.717, 1.165) is 27.8 Å². The van der Waals surface area contributed by atoms with E-state index in [1.165, 1.54) is 11.3 Å². The lowest BCUT2D eigenvalue weighted by molar-refractivity contribution is -0.149. The SMILES string of the molecule is CC(C)OC(=O)CC(=O)CSc1nc(-c2ccc(Cl)cc2)cc(-c2cccs2)c1C#N. The van der Waals surface area contributed by atoms with Gasteiger partial charge in [0, 0.05) is 21.0 Å². The van der Waals surface area contributed by atoms with Crippen LogP contribution in [0.1, 0.15) is 25.8 Å². The number of benzene rings is 1. The van der Waals surface area contributed by atoms with E-state index in [9.17, 15) is 14.9 Å². The van der Waals surface area contributed by atoms with E-state index < -0.39 is 5.97 Å². The Labute approximate surface area is 194 Å². The lowest BCUT2D eigenvalue weighted by Gasteiger charge is -2.11. The van der Waals surface area contributed by atoms with Gasteiger partial charge in [0.15, 0.2) is 5.78 Å². The number of thioether (sulfide) groups is 1. The predicted octanol–water partition coefficient (Wildman–Crippen LogP) is 6.01. The van der Waals surface area contributed by atoms with Crippen LogP contribution in [0.2, 0.25) is 5.02 Å². The second-order valence-electron chi connectivity index (χ2n) is 6.87. The standard InChI is InChI=1S/C23H19ClN2O3S2/c1-14(2)29-22(28)10-17(27)13-31-23-19(12-25)18(21-4-3-9-30-21)11-20(26-23)15-5-7-16(24)8-6-15/h3-9,11,14H,10,13H2,1-2H3. The maximum Gasteiger partial charge on any atom is 0.313 e.